The average Bonchev–Trinajstić information content (AvgIpc) is 3.86. The monoisotopic (exact) mass is 1010 g/mol. The van der Waals surface area contributed by atoms with Crippen molar-refractivity contribution in [3.8, 4) is 5.75 Å². The number of fused-ring (bicyclic) bond motifs is 1. The number of hydrazine groups is 1. The number of aromatic nitrogens is 1. The molecule has 22 heteroatoms. The van der Waals surface area contributed by atoms with Crippen molar-refractivity contribution in [1.29, 1.82) is 0 Å². The Labute approximate surface area is 422 Å². The number of phenols is 1. The highest BCUT2D eigenvalue weighted by Gasteiger charge is 2.39. The molecular weight excluding hydrogens is 937 g/mol. The van der Waals surface area contributed by atoms with Gasteiger partial charge in [0.15, 0.2) is 0 Å². The van der Waals surface area contributed by atoms with E-state index < -0.39 is 42.0 Å². The molecule has 71 heavy (non-hydrogen) atoms. The van der Waals surface area contributed by atoms with Crippen LogP contribution in [0.2, 0.25) is 0 Å². The van der Waals surface area contributed by atoms with Gasteiger partial charge < -0.3 is 44.3 Å². The lowest BCUT2D eigenvalue weighted by molar-refractivity contribution is -0.143. The summed E-state index contributed by atoms with van der Waals surface area (Å²) >= 11 is 1.31. The van der Waals surface area contributed by atoms with Crippen LogP contribution in [0.5, 0.6) is 5.75 Å². The minimum absolute atomic E-state index is 0.0268. The number of nitrogens with one attached hydrogen (secondary N) is 4. The van der Waals surface area contributed by atoms with Gasteiger partial charge in [0.1, 0.15) is 35.2 Å². The molecule has 1 aromatic heterocycles. The number of benzene rings is 1. The lowest BCUT2D eigenvalue weighted by atomic mass is 9.79. The van der Waals surface area contributed by atoms with Gasteiger partial charge in [0, 0.05) is 48.5 Å². The number of thiazole rings is 1. The van der Waals surface area contributed by atoms with Gasteiger partial charge >= 0.3 is 6.09 Å². The summed E-state index contributed by atoms with van der Waals surface area (Å²) in [7, 11) is 1.97. The van der Waals surface area contributed by atoms with Crippen LogP contribution >= 0.6 is 11.3 Å². The van der Waals surface area contributed by atoms with Crippen LogP contribution in [0.25, 0.3) is 10.4 Å². The lowest BCUT2D eigenvalue weighted by Gasteiger charge is -2.40. The van der Waals surface area contributed by atoms with Crippen LogP contribution in [-0.4, -0.2) is 153 Å². The third-order valence-electron chi connectivity index (χ3n) is 12.8. The van der Waals surface area contributed by atoms with E-state index in [1.165, 1.54) is 23.5 Å². The number of ether oxygens (including phenoxy) is 5. The van der Waals surface area contributed by atoms with Gasteiger partial charge in [0.05, 0.1) is 51.6 Å². The number of amides is 5. The molecule has 396 valence electrons. The number of piperidine rings is 1. The van der Waals surface area contributed by atoms with Gasteiger partial charge in [-0.15, -0.1) is 11.3 Å². The minimum atomic E-state index is -0.903. The smallest absolute Gasteiger partial charge is 0.426 e. The number of carbonyl (C=O) groups is 5. The third-order valence-corrected chi connectivity index (χ3v) is 13.7. The first kappa shape index (κ1) is 58.5. The predicted molar refractivity (Wildman–Crippen MR) is 268 cm³/mol. The standard InChI is InChI=1S/C49H78N10O11S/c1-8-17-59(48(64)43(33(6)10-3)54-46(63)40-13-11-12-18-58(40)7)41(32(4)5)30-42(69-19-9-2)47-53-39(31-71-47)45(62)52-35-27-34-14-15-36(60)29-37(34)38(28-35)44(61)55-56-49(65)70-26-25-68-24-23-67-22-21-66-20-16-51-57-50/h14-15,29,31-33,35,38,40-43,60H,8-13,16-28,30H2,1-7H3,(H,52,62)(H,54,63)(H,55,61)(H,56,65)/t33-,35-,38+,40+,41+,42+,43-/m0/s1. The van der Waals surface area contributed by atoms with Gasteiger partial charge in [-0.1, -0.05) is 65.6 Å². The second-order valence-electron chi connectivity index (χ2n) is 18.5. The molecule has 0 saturated carbocycles. The molecule has 4 rings (SSSR count). The van der Waals surface area contributed by atoms with Gasteiger partial charge in [-0.3, -0.25) is 29.5 Å². The molecule has 2 aliphatic rings. The Hall–Kier alpha value is -5.09. The van der Waals surface area contributed by atoms with Crippen molar-refractivity contribution in [1.82, 2.24) is 36.3 Å². The number of phenolic OH excluding ortho intramolecular Hbond substituents is 1. The molecule has 1 saturated heterocycles. The Bertz CT molecular complexity index is 2040. The van der Waals surface area contributed by atoms with Crippen molar-refractivity contribution < 1.29 is 52.8 Å². The Kier molecular flexibility index (Phi) is 25.9. The summed E-state index contributed by atoms with van der Waals surface area (Å²) in [6.07, 6.45) is 4.51. The maximum Gasteiger partial charge on any atom is 0.426 e. The van der Waals surface area contributed by atoms with E-state index in [-0.39, 0.29) is 80.0 Å². The van der Waals surface area contributed by atoms with Gasteiger partial charge in [-0.25, -0.2) is 15.2 Å². The first-order valence-corrected chi connectivity index (χ1v) is 26.1. The summed E-state index contributed by atoms with van der Waals surface area (Å²) in [5, 5.41) is 22.3. The fourth-order valence-corrected chi connectivity index (χ4v) is 9.67. The quantitative estimate of drug-likeness (QED) is 0.0200. The van der Waals surface area contributed by atoms with E-state index in [9.17, 15) is 29.1 Å². The Morgan fingerprint density at radius 3 is 2.34 bits per heavy atom. The van der Waals surface area contributed by atoms with Gasteiger partial charge in [0.25, 0.3) is 5.91 Å². The molecule has 5 amide bonds. The number of hydrogen-bond acceptors (Lipinski definition) is 15. The first-order chi connectivity index (χ1) is 34.2. The number of likely N-dealkylation sites (tertiary alicyclic amines) is 1. The number of rotatable bonds is 30. The van der Waals surface area contributed by atoms with Crippen LogP contribution in [0.15, 0.2) is 28.7 Å². The van der Waals surface area contributed by atoms with Gasteiger partial charge in [-0.2, -0.15) is 0 Å². The fraction of sp³-hybridized carbons (Fsp3) is 0.714. The molecule has 0 unspecified atom stereocenters. The molecule has 0 bridgehead atoms. The van der Waals surface area contributed by atoms with Gasteiger partial charge in [-0.05, 0) is 92.7 Å². The van der Waals surface area contributed by atoms with E-state index >= 15 is 0 Å². The number of azide groups is 1. The van der Waals surface area contributed by atoms with Crippen molar-refractivity contribution in [2.75, 3.05) is 79.5 Å². The molecule has 21 nitrogen and oxygen atoms in total. The van der Waals surface area contributed by atoms with E-state index in [1.807, 2.05) is 39.6 Å². The van der Waals surface area contributed by atoms with E-state index in [0.717, 1.165) is 44.2 Å². The second-order valence-corrected chi connectivity index (χ2v) is 19.4. The summed E-state index contributed by atoms with van der Waals surface area (Å²) in [4.78, 5) is 79.9. The van der Waals surface area contributed by atoms with Crippen LogP contribution in [0.3, 0.4) is 0 Å². The summed E-state index contributed by atoms with van der Waals surface area (Å²) in [5.74, 6) is -2.16. The third kappa shape index (κ3) is 18.8. The van der Waals surface area contributed by atoms with Crippen molar-refractivity contribution in [3.63, 3.8) is 0 Å². The fourth-order valence-electron chi connectivity index (χ4n) is 8.81. The van der Waals surface area contributed by atoms with Crippen molar-refractivity contribution in [3.05, 3.63) is 55.9 Å². The number of likely N-dealkylation sites (N-methyl/N-ethyl adjacent to an activating group) is 1. The molecule has 2 aromatic rings. The minimum Gasteiger partial charge on any atom is -0.508 e. The molecular formula is C49H78N10O11S. The molecule has 2 heterocycles. The average molecular weight is 1020 g/mol. The Balaban J connectivity index is 1.37. The SMILES string of the molecule is CCCO[C@H](C[C@H](C(C)C)N(CCC)C(=O)[C@@H](NC(=O)[C@H]1CCCCN1C)[C@@H](C)CC)c1nc(C(=O)N[C@H]2Cc3ccc(O)cc3[C@H](C(=O)NNC(=O)OCCOCCOCCOCCN=[N+]=[N-])C2)cs1. The highest BCUT2D eigenvalue weighted by Crippen LogP contribution is 2.35. The maximum atomic E-state index is 14.8. The van der Waals surface area contributed by atoms with Crippen LogP contribution in [0.1, 0.15) is 132 Å². The number of carbonyl (C=O) groups excluding carboxylic acids is 5. The summed E-state index contributed by atoms with van der Waals surface area (Å²) < 4.78 is 27.6. The highest BCUT2D eigenvalue weighted by molar-refractivity contribution is 7.09. The Morgan fingerprint density at radius 2 is 1.68 bits per heavy atom. The molecule has 1 aliphatic carbocycles. The summed E-state index contributed by atoms with van der Waals surface area (Å²) in [6.45, 7) is 15.9. The predicted octanol–water partition coefficient (Wildman–Crippen LogP) is 5.93. The molecule has 1 aromatic carbocycles. The number of aromatic hydroxyl groups is 1. The van der Waals surface area contributed by atoms with E-state index in [2.05, 4.69) is 50.3 Å². The molecule has 1 aliphatic heterocycles. The Morgan fingerprint density at radius 1 is 0.958 bits per heavy atom. The summed E-state index contributed by atoms with van der Waals surface area (Å²) in [6, 6.07) is 3.01. The summed E-state index contributed by atoms with van der Waals surface area (Å²) in [5.41, 5.74) is 14.4. The van der Waals surface area contributed by atoms with Crippen LogP contribution in [0, 0.1) is 11.8 Å². The van der Waals surface area contributed by atoms with E-state index in [1.54, 1.807) is 11.4 Å². The zero-order valence-corrected chi connectivity index (χ0v) is 43.5. The second kappa shape index (κ2) is 31.4. The van der Waals surface area contributed by atoms with Crippen molar-refractivity contribution in [2.45, 2.75) is 136 Å². The van der Waals surface area contributed by atoms with E-state index in [4.69, 9.17) is 34.2 Å². The van der Waals surface area contributed by atoms with Gasteiger partial charge in [0.2, 0.25) is 17.7 Å². The molecule has 7 atom stereocenters. The highest BCUT2D eigenvalue weighted by atomic mass is 32.1. The zero-order valence-electron chi connectivity index (χ0n) is 42.7. The van der Waals surface area contributed by atoms with Crippen LogP contribution < -0.4 is 21.5 Å². The van der Waals surface area contributed by atoms with Crippen molar-refractivity contribution in [2.24, 2.45) is 17.0 Å². The number of nitrogens with zero attached hydrogens (tertiary/aromatic N) is 6. The molecule has 0 spiro atoms. The van der Waals surface area contributed by atoms with E-state index in [0.29, 0.717) is 69.4 Å². The van der Waals surface area contributed by atoms with Crippen molar-refractivity contribution >= 4 is 41.1 Å². The van der Waals surface area contributed by atoms with Crippen LogP contribution in [0.4, 0.5) is 4.79 Å². The lowest BCUT2D eigenvalue weighted by Crippen LogP contribution is -2.58. The topological polar surface area (TPSA) is 268 Å². The zero-order chi connectivity index (χ0) is 51.7. The maximum absolute atomic E-state index is 14.8. The normalized spacial score (nSPS) is 18.5. The van der Waals surface area contributed by atoms with Crippen LogP contribution in [-0.2, 0) is 44.5 Å². The molecule has 1 fully saturated rings. The largest absolute Gasteiger partial charge is 0.508 e. The number of hydrogen-bond donors (Lipinski definition) is 5. The molecule has 5 N–H and O–H groups in total. The molecule has 0 radical (unpaired) electrons. The first-order valence-electron chi connectivity index (χ1n) is 25.2.